The fourth-order valence-electron chi connectivity index (χ4n) is 4.00. The van der Waals surface area contributed by atoms with Gasteiger partial charge in [0.2, 0.25) is 5.91 Å². The number of amides is 1. The molecule has 2 aliphatic heterocycles. The van der Waals surface area contributed by atoms with Gasteiger partial charge in [0.15, 0.2) is 0 Å². The summed E-state index contributed by atoms with van der Waals surface area (Å²) in [6.45, 7) is 2.63. The Morgan fingerprint density at radius 2 is 2.19 bits per heavy atom. The summed E-state index contributed by atoms with van der Waals surface area (Å²) in [6, 6.07) is 8.16. The van der Waals surface area contributed by atoms with Gasteiger partial charge >= 0.3 is 0 Å². The number of hydrogen-bond donors (Lipinski definition) is 1. The molecular formula is C20H22N6O. The van der Waals surface area contributed by atoms with E-state index >= 15 is 0 Å². The van der Waals surface area contributed by atoms with E-state index in [9.17, 15) is 4.79 Å². The quantitative estimate of drug-likeness (QED) is 0.769. The Balaban J connectivity index is 1.30. The molecule has 1 N–H and O–H groups in total. The van der Waals surface area contributed by atoms with E-state index in [0.29, 0.717) is 19.6 Å². The van der Waals surface area contributed by atoms with Gasteiger partial charge in [-0.2, -0.15) is 0 Å². The second-order valence-corrected chi connectivity index (χ2v) is 7.28. The lowest BCUT2D eigenvalue weighted by molar-refractivity contribution is -0.132. The molecule has 1 fully saturated rings. The molecule has 2 aromatic heterocycles. The minimum absolute atomic E-state index is 0.102. The van der Waals surface area contributed by atoms with Crippen molar-refractivity contribution in [3.63, 3.8) is 0 Å². The van der Waals surface area contributed by atoms with Crippen LogP contribution in [0.5, 0.6) is 0 Å². The van der Waals surface area contributed by atoms with E-state index in [1.807, 2.05) is 39.9 Å². The molecule has 3 aromatic rings. The number of benzene rings is 1. The highest BCUT2D eigenvalue weighted by atomic mass is 16.2. The number of nitrogens with zero attached hydrogens (tertiary/aromatic N) is 5. The highest BCUT2D eigenvalue weighted by Gasteiger charge is 2.25. The fourth-order valence-corrected chi connectivity index (χ4v) is 4.00. The zero-order valence-corrected chi connectivity index (χ0v) is 15.1. The maximum atomic E-state index is 12.8. The second-order valence-electron chi connectivity index (χ2n) is 7.28. The summed E-state index contributed by atoms with van der Waals surface area (Å²) in [5.74, 6) is 1.00. The Morgan fingerprint density at radius 1 is 1.26 bits per heavy atom. The van der Waals surface area contributed by atoms with Gasteiger partial charge in [-0.15, -0.1) is 0 Å². The first-order valence-electron chi connectivity index (χ1n) is 9.53. The van der Waals surface area contributed by atoms with Gasteiger partial charge in [0.05, 0.1) is 29.1 Å². The molecule has 4 heterocycles. The van der Waals surface area contributed by atoms with Crippen LogP contribution >= 0.6 is 0 Å². The van der Waals surface area contributed by atoms with Crippen LogP contribution in [0.1, 0.15) is 36.0 Å². The standard InChI is InChI=1S/C20H22N6O/c27-19(12-26-13-23-16-4-1-2-6-18(16)26)25-9-7-15-14(11-25)10-22-20(24-15)17-5-3-8-21-17/h1-2,4,6,10,13,17,21H,3,5,7-9,11-12H2/t17-/m1/s1. The predicted molar refractivity (Wildman–Crippen MR) is 101 cm³/mol. The topological polar surface area (TPSA) is 75.9 Å². The van der Waals surface area contributed by atoms with Crippen molar-refractivity contribution in [2.75, 3.05) is 13.1 Å². The molecule has 5 rings (SSSR count). The molecule has 0 unspecified atom stereocenters. The predicted octanol–water partition coefficient (Wildman–Crippen LogP) is 1.84. The van der Waals surface area contributed by atoms with Crippen LogP contribution in [0.3, 0.4) is 0 Å². The summed E-state index contributed by atoms with van der Waals surface area (Å²) in [7, 11) is 0. The number of imidazole rings is 1. The number of nitrogens with one attached hydrogen (secondary N) is 1. The molecule has 27 heavy (non-hydrogen) atoms. The van der Waals surface area contributed by atoms with Crippen molar-refractivity contribution in [2.24, 2.45) is 0 Å². The molecular weight excluding hydrogens is 340 g/mol. The molecule has 7 nitrogen and oxygen atoms in total. The first-order valence-corrected chi connectivity index (χ1v) is 9.53. The van der Waals surface area contributed by atoms with Gasteiger partial charge in [-0.25, -0.2) is 15.0 Å². The highest BCUT2D eigenvalue weighted by molar-refractivity contribution is 5.80. The molecule has 0 aliphatic carbocycles. The molecule has 1 atom stereocenters. The molecule has 138 valence electrons. The van der Waals surface area contributed by atoms with Crippen molar-refractivity contribution in [1.29, 1.82) is 0 Å². The van der Waals surface area contributed by atoms with Crippen LogP contribution in [0.2, 0.25) is 0 Å². The summed E-state index contributed by atoms with van der Waals surface area (Å²) < 4.78 is 1.92. The highest BCUT2D eigenvalue weighted by Crippen LogP contribution is 2.23. The lowest BCUT2D eigenvalue weighted by atomic mass is 10.1. The SMILES string of the molecule is O=C(Cn1cnc2ccccc21)N1CCc2nc([C@H]3CCCN3)ncc2C1. The third-order valence-corrected chi connectivity index (χ3v) is 5.51. The third kappa shape index (κ3) is 3.08. The Hall–Kier alpha value is -2.80. The van der Waals surface area contributed by atoms with E-state index in [0.717, 1.165) is 47.5 Å². The Labute approximate surface area is 157 Å². The largest absolute Gasteiger partial charge is 0.336 e. The van der Waals surface area contributed by atoms with E-state index < -0.39 is 0 Å². The van der Waals surface area contributed by atoms with Crippen LogP contribution in [-0.4, -0.2) is 43.4 Å². The summed E-state index contributed by atoms with van der Waals surface area (Å²) in [5.41, 5.74) is 4.05. The van der Waals surface area contributed by atoms with Crippen molar-refractivity contribution in [3.05, 3.63) is 53.9 Å². The van der Waals surface area contributed by atoms with Crippen molar-refractivity contribution >= 4 is 16.9 Å². The molecule has 1 amide bonds. The molecule has 0 saturated carbocycles. The van der Waals surface area contributed by atoms with E-state index in [1.165, 1.54) is 6.42 Å². The molecule has 1 saturated heterocycles. The molecule has 1 aromatic carbocycles. The van der Waals surface area contributed by atoms with Crippen LogP contribution in [0.25, 0.3) is 11.0 Å². The number of carbonyl (C=O) groups is 1. The van der Waals surface area contributed by atoms with Crippen molar-refractivity contribution in [1.82, 2.24) is 29.7 Å². The molecule has 0 radical (unpaired) electrons. The van der Waals surface area contributed by atoms with Crippen LogP contribution in [-0.2, 0) is 24.3 Å². The minimum Gasteiger partial charge on any atom is -0.336 e. The van der Waals surface area contributed by atoms with Gasteiger partial charge in [0.25, 0.3) is 0 Å². The summed E-state index contributed by atoms with van der Waals surface area (Å²) >= 11 is 0. The Morgan fingerprint density at radius 3 is 3.07 bits per heavy atom. The van der Waals surface area contributed by atoms with E-state index in [4.69, 9.17) is 4.98 Å². The summed E-state index contributed by atoms with van der Waals surface area (Å²) in [5, 5.41) is 3.45. The average Bonchev–Trinajstić information content (AvgIpc) is 3.38. The first kappa shape index (κ1) is 16.4. The Kier molecular flexibility index (Phi) is 4.09. The van der Waals surface area contributed by atoms with E-state index in [2.05, 4.69) is 15.3 Å². The van der Waals surface area contributed by atoms with Gasteiger partial charge in [0, 0.05) is 31.3 Å². The van der Waals surface area contributed by atoms with Gasteiger partial charge in [-0.05, 0) is 31.5 Å². The van der Waals surface area contributed by atoms with E-state index in [1.54, 1.807) is 6.33 Å². The number of para-hydroxylation sites is 2. The fraction of sp³-hybridized carbons (Fsp3) is 0.400. The Bertz CT molecular complexity index is 991. The third-order valence-electron chi connectivity index (χ3n) is 5.51. The first-order chi connectivity index (χ1) is 13.3. The molecule has 7 heteroatoms. The van der Waals surface area contributed by atoms with Gasteiger partial charge in [0.1, 0.15) is 12.4 Å². The molecule has 0 spiro atoms. The van der Waals surface area contributed by atoms with Crippen LogP contribution in [0, 0.1) is 0 Å². The number of aromatic nitrogens is 4. The van der Waals surface area contributed by atoms with Crippen LogP contribution < -0.4 is 5.32 Å². The number of fused-ring (bicyclic) bond motifs is 2. The molecule has 0 bridgehead atoms. The average molecular weight is 362 g/mol. The maximum absolute atomic E-state index is 12.8. The number of rotatable bonds is 3. The monoisotopic (exact) mass is 362 g/mol. The van der Waals surface area contributed by atoms with Crippen LogP contribution in [0.4, 0.5) is 0 Å². The summed E-state index contributed by atoms with van der Waals surface area (Å²) in [6.07, 6.45) is 6.71. The van der Waals surface area contributed by atoms with Gasteiger partial charge < -0.3 is 14.8 Å². The van der Waals surface area contributed by atoms with Crippen LogP contribution in [0.15, 0.2) is 36.8 Å². The van der Waals surface area contributed by atoms with Crippen molar-refractivity contribution < 1.29 is 4.79 Å². The zero-order chi connectivity index (χ0) is 18.2. The van der Waals surface area contributed by atoms with E-state index in [-0.39, 0.29) is 11.9 Å². The smallest absolute Gasteiger partial charge is 0.242 e. The normalized spacial score (nSPS) is 19.4. The van der Waals surface area contributed by atoms with Gasteiger partial charge in [-0.1, -0.05) is 12.1 Å². The number of carbonyl (C=O) groups excluding carboxylic acids is 1. The lowest BCUT2D eigenvalue weighted by Gasteiger charge is -2.28. The number of hydrogen-bond acceptors (Lipinski definition) is 5. The van der Waals surface area contributed by atoms with Crippen molar-refractivity contribution in [3.8, 4) is 0 Å². The minimum atomic E-state index is 0.102. The maximum Gasteiger partial charge on any atom is 0.242 e. The van der Waals surface area contributed by atoms with Crippen molar-refractivity contribution in [2.45, 2.75) is 38.4 Å². The lowest BCUT2D eigenvalue weighted by Crippen LogP contribution is -2.38. The second kappa shape index (κ2) is 6.74. The summed E-state index contributed by atoms with van der Waals surface area (Å²) in [4.78, 5) is 28.4. The zero-order valence-electron chi connectivity index (χ0n) is 15.1. The van der Waals surface area contributed by atoms with Gasteiger partial charge in [-0.3, -0.25) is 4.79 Å². The molecule has 2 aliphatic rings.